The Hall–Kier alpha value is -2.93. The Kier molecular flexibility index (Phi) is 4.95. The fourth-order valence-electron chi connectivity index (χ4n) is 2.94. The van der Waals surface area contributed by atoms with Crippen LogP contribution in [0.15, 0.2) is 48.5 Å². The number of hydrogen-bond donors (Lipinski definition) is 2. The third-order valence-corrected chi connectivity index (χ3v) is 4.28. The summed E-state index contributed by atoms with van der Waals surface area (Å²) in [7, 11) is 0. The Morgan fingerprint density at radius 3 is 2.72 bits per heavy atom. The van der Waals surface area contributed by atoms with E-state index in [0.29, 0.717) is 19.4 Å². The molecule has 25 heavy (non-hydrogen) atoms. The lowest BCUT2D eigenvalue weighted by Gasteiger charge is -2.30. The zero-order valence-electron chi connectivity index (χ0n) is 13.6. The van der Waals surface area contributed by atoms with Crippen LogP contribution in [0.2, 0.25) is 0 Å². The predicted octanol–water partition coefficient (Wildman–Crippen LogP) is 2.83. The van der Waals surface area contributed by atoms with E-state index in [2.05, 4.69) is 5.32 Å². The summed E-state index contributed by atoms with van der Waals surface area (Å²) in [4.78, 5) is 22.8. The zero-order valence-corrected chi connectivity index (χ0v) is 13.6. The van der Waals surface area contributed by atoms with Crippen LogP contribution in [0.1, 0.15) is 34.9 Å². The van der Waals surface area contributed by atoms with E-state index in [1.165, 1.54) is 18.2 Å². The predicted molar refractivity (Wildman–Crippen MR) is 93.1 cm³/mol. The molecule has 3 rings (SSSR count). The lowest BCUT2D eigenvalue weighted by atomic mass is 9.97. The zero-order chi connectivity index (χ0) is 17.8. The van der Waals surface area contributed by atoms with Gasteiger partial charge in [0.05, 0.1) is 11.0 Å². The van der Waals surface area contributed by atoms with Gasteiger partial charge in [0.1, 0.15) is 5.69 Å². The van der Waals surface area contributed by atoms with Gasteiger partial charge in [0.2, 0.25) is 0 Å². The first kappa shape index (κ1) is 16.9. The van der Waals surface area contributed by atoms with Gasteiger partial charge in [-0.15, -0.1) is 0 Å². The number of nitrogens with one attached hydrogen (secondary N) is 1. The van der Waals surface area contributed by atoms with Gasteiger partial charge in [-0.05, 0) is 30.5 Å². The molecule has 1 aliphatic heterocycles. The second-order valence-electron chi connectivity index (χ2n) is 6.00. The highest BCUT2D eigenvalue weighted by Crippen LogP contribution is 2.28. The molecule has 0 spiro atoms. The number of carbonyl (C=O) groups excluding carboxylic acids is 1. The minimum Gasteiger partial charge on any atom is -0.393 e. The number of nitrogen functional groups attached to an aromatic ring is 1. The summed E-state index contributed by atoms with van der Waals surface area (Å²) in [5.41, 5.74) is 6.64. The first-order chi connectivity index (χ1) is 12.0. The van der Waals surface area contributed by atoms with Crippen LogP contribution in [0.25, 0.3) is 0 Å². The molecule has 0 saturated carbocycles. The molecule has 1 heterocycles. The van der Waals surface area contributed by atoms with Crippen molar-refractivity contribution in [1.82, 2.24) is 5.32 Å². The van der Waals surface area contributed by atoms with Gasteiger partial charge in [0.15, 0.2) is 0 Å². The van der Waals surface area contributed by atoms with E-state index in [9.17, 15) is 14.9 Å². The van der Waals surface area contributed by atoms with Crippen molar-refractivity contribution in [2.45, 2.75) is 25.0 Å². The molecule has 0 bridgehead atoms. The third kappa shape index (κ3) is 3.95. The highest BCUT2D eigenvalue weighted by Gasteiger charge is 2.26. The maximum atomic E-state index is 12.4. The van der Waals surface area contributed by atoms with Gasteiger partial charge in [-0.1, -0.05) is 30.3 Å². The number of rotatable bonds is 4. The SMILES string of the molecule is Nc1ccc(C(=O)NC2CCOC(c3ccccc3)C2)cc1[N+](=O)[O-]. The maximum Gasteiger partial charge on any atom is 0.292 e. The average molecular weight is 341 g/mol. The van der Waals surface area contributed by atoms with Gasteiger partial charge in [0, 0.05) is 24.3 Å². The number of ether oxygens (including phenoxy) is 1. The largest absolute Gasteiger partial charge is 0.393 e. The Morgan fingerprint density at radius 2 is 2.00 bits per heavy atom. The highest BCUT2D eigenvalue weighted by atomic mass is 16.6. The molecule has 1 saturated heterocycles. The van der Waals surface area contributed by atoms with Crippen molar-refractivity contribution in [2.24, 2.45) is 0 Å². The summed E-state index contributed by atoms with van der Waals surface area (Å²) in [6.07, 6.45) is 1.29. The molecule has 7 nitrogen and oxygen atoms in total. The second-order valence-corrected chi connectivity index (χ2v) is 6.00. The summed E-state index contributed by atoms with van der Waals surface area (Å²) in [6, 6.07) is 13.9. The number of nitrogens with two attached hydrogens (primary N) is 1. The Labute approximate surface area is 144 Å². The van der Waals surface area contributed by atoms with Crippen LogP contribution >= 0.6 is 0 Å². The van der Waals surface area contributed by atoms with Crippen LogP contribution < -0.4 is 11.1 Å². The molecule has 0 aromatic heterocycles. The smallest absolute Gasteiger partial charge is 0.292 e. The molecule has 2 aromatic carbocycles. The fourth-order valence-corrected chi connectivity index (χ4v) is 2.94. The van der Waals surface area contributed by atoms with Crippen LogP contribution in [-0.2, 0) is 4.74 Å². The van der Waals surface area contributed by atoms with E-state index < -0.39 is 4.92 Å². The minimum atomic E-state index is -0.591. The summed E-state index contributed by atoms with van der Waals surface area (Å²) in [6.45, 7) is 0.548. The quantitative estimate of drug-likeness (QED) is 0.505. The molecule has 0 aliphatic carbocycles. The first-order valence-electron chi connectivity index (χ1n) is 8.06. The van der Waals surface area contributed by atoms with Crippen molar-refractivity contribution >= 4 is 17.3 Å². The Morgan fingerprint density at radius 1 is 1.24 bits per heavy atom. The second kappa shape index (κ2) is 7.31. The van der Waals surface area contributed by atoms with Crippen LogP contribution in [0.5, 0.6) is 0 Å². The summed E-state index contributed by atoms with van der Waals surface area (Å²) < 4.78 is 5.79. The number of carbonyl (C=O) groups is 1. The van der Waals surface area contributed by atoms with Gasteiger partial charge in [-0.2, -0.15) is 0 Å². The van der Waals surface area contributed by atoms with E-state index in [0.717, 1.165) is 5.56 Å². The van der Waals surface area contributed by atoms with Crippen molar-refractivity contribution in [1.29, 1.82) is 0 Å². The van der Waals surface area contributed by atoms with E-state index in [1.807, 2.05) is 30.3 Å². The third-order valence-electron chi connectivity index (χ3n) is 4.28. The molecule has 1 fully saturated rings. The van der Waals surface area contributed by atoms with E-state index >= 15 is 0 Å². The lowest BCUT2D eigenvalue weighted by molar-refractivity contribution is -0.383. The molecule has 0 radical (unpaired) electrons. The van der Waals surface area contributed by atoms with Crippen LogP contribution in [0.3, 0.4) is 0 Å². The fraction of sp³-hybridized carbons (Fsp3) is 0.278. The normalized spacial score (nSPS) is 20.0. The van der Waals surface area contributed by atoms with Gasteiger partial charge >= 0.3 is 0 Å². The monoisotopic (exact) mass is 341 g/mol. The van der Waals surface area contributed by atoms with Gasteiger partial charge in [-0.3, -0.25) is 14.9 Å². The number of hydrogen-bond acceptors (Lipinski definition) is 5. The lowest BCUT2D eigenvalue weighted by Crippen LogP contribution is -2.39. The first-order valence-corrected chi connectivity index (χ1v) is 8.06. The molecule has 2 atom stereocenters. The highest BCUT2D eigenvalue weighted by molar-refractivity contribution is 5.95. The van der Waals surface area contributed by atoms with E-state index in [1.54, 1.807) is 0 Å². The average Bonchev–Trinajstić information content (AvgIpc) is 2.62. The number of benzene rings is 2. The Balaban J connectivity index is 1.68. The molecular formula is C18H19N3O4. The van der Waals surface area contributed by atoms with E-state index in [-0.39, 0.29) is 35.0 Å². The van der Waals surface area contributed by atoms with Gasteiger partial charge < -0.3 is 15.8 Å². The van der Waals surface area contributed by atoms with Crippen LogP contribution in [0.4, 0.5) is 11.4 Å². The Bertz CT molecular complexity index is 779. The summed E-state index contributed by atoms with van der Waals surface area (Å²) in [5.74, 6) is -0.346. The number of nitro benzene ring substituents is 1. The maximum absolute atomic E-state index is 12.4. The van der Waals surface area contributed by atoms with Crippen LogP contribution in [-0.4, -0.2) is 23.5 Å². The number of anilines is 1. The molecule has 1 aliphatic rings. The van der Waals surface area contributed by atoms with Gasteiger partial charge in [0.25, 0.3) is 11.6 Å². The van der Waals surface area contributed by atoms with E-state index in [4.69, 9.17) is 10.5 Å². The number of nitrogens with zero attached hydrogens (tertiary/aromatic N) is 1. The van der Waals surface area contributed by atoms with Crippen LogP contribution in [0, 0.1) is 10.1 Å². The minimum absolute atomic E-state index is 0.0387. The summed E-state index contributed by atoms with van der Waals surface area (Å²) in [5, 5.41) is 13.9. The van der Waals surface area contributed by atoms with Crippen molar-refractivity contribution in [3.63, 3.8) is 0 Å². The number of nitro groups is 1. The molecule has 1 amide bonds. The molecule has 7 heteroatoms. The van der Waals surface area contributed by atoms with Gasteiger partial charge in [-0.25, -0.2) is 0 Å². The number of amides is 1. The topological polar surface area (TPSA) is 107 Å². The summed E-state index contributed by atoms with van der Waals surface area (Å²) >= 11 is 0. The van der Waals surface area contributed by atoms with Crippen molar-refractivity contribution in [2.75, 3.05) is 12.3 Å². The molecule has 2 aromatic rings. The molecule has 130 valence electrons. The molecule has 2 unspecified atom stereocenters. The molecular weight excluding hydrogens is 322 g/mol. The van der Waals surface area contributed by atoms with Crippen molar-refractivity contribution < 1.29 is 14.5 Å². The standard InChI is InChI=1S/C18H19N3O4/c19-15-7-6-13(10-16(15)21(23)24)18(22)20-14-8-9-25-17(11-14)12-4-2-1-3-5-12/h1-7,10,14,17H,8-9,11,19H2,(H,20,22). The van der Waals surface area contributed by atoms with Crippen molar-refractivity contribution in [3.05, 3.63) is 69.8 Å². The van der Waals surface area contributed by atoms with Crippen molar-refractivity contribution in [3.8, 4) is 0 Å². The molecule has 3 N–H and O–H groups in total.